The number of likely N-dealkylation sites (N-methyl/N-ethyl adjacent to an activating group) is 1. The molecule has 4 nitrogen and oxygen atoms in total. The number of halogens is 2. The quantitative estimate of drug-likeness (QED) is 0.918. The van der Waals surface area contributed by atoms with Gasteiger partial charge in [0.15, 0.2) is 0 Å². The van der Waals surface area contributed by atoms with Crippen molar-refractivity contribution >= 4 is 16.7 Å². The molecule has 0 aliphatic rings. The van der Waals surface area contributed by atoms with Crippen LogP contribution in [0.2, 0.25) is 0 Å². The fourth-order valence-corrected chi connectivity index (χ4v) is 2.44. The zero-order valence-electron chi connectivity index (χ0n) is 13.2. The molecule has 0 spiro atoms. The molecule has 0 aromatic heterocycles. The Morgan fingerprint density at radius 1 is 1.26 bits per heavy atom. The van der Waals surface area contributed by atoms with Crippen molar-refractivity contribution in [2.24, 2.45) is 0 Å². The van der Waals surface area contributed by atoms with Crippen LogP contribution in [0.15, 0.2) is 36.4 Å². The number of hydrogen-bond donors (Lipinski definition) is 1. The lowest BCUT2D eigenvalue weighted by Crippen LogP contribution is -2.39. The number of carbonyl (C=O) groups excluding carboxylic acids is 1. The van der Waals surface area contributed by atoms with Gasteiger partial charge in [0.2, 0.25) is 0 Å². The maximum Gasteiger partial charge on any atom is 0.387 e. The number of alkyl halides is 2. The molecular formula is C17H19F2NO3. The first-order valence-corrected chi connectivity index (χ1v) is 7.13. The smallest absolute Gasteiger partial charge is 0.387 e. The molecule has 0 atom stereocenters. The second-order valence-electron chi connectivity index (χ2n) is 6.05. The Morgan fingerprint density at radius 2 is 1.83 bits per heavy atom. The molecule has 0 unspecified atom stereocenters. The third-order valence-corrected chi connectivity index (χ3v) is 3.27. The maximum atomic E-state index is 12.6. The van der Waals surface area contributed by atoms with Crippen LogP contribution in [0.4, 0.5) is 8.78 Å². The summed E-state index contributed by atoms with van der Waals surface area (Å²) in [6, 6.07) is 10.1. The monoisotopic (exact) mass is 323 g/mol. The minimum absolute atomic E-state index is 0.0377. The number of amides is 1. The fraction of sp³-hybridized carbons (Fsp3) is 0.353. The Kier molecular flexibility index (Phi) is 4.85. The van der Waals surface area contributed by atoms with Gasteiger partial charge in [0.05, 0.1) is 11.2 Å². The molecule has 0 aliphatic carbocycles. The first-order valence-electron chi connectivity index (χ1n) is 7.13. The maximum absolute atomic E-state index is 12.6. The summed E-state index contributed by atoms with van der Waals surface area (Å²) in [5.41, 5.74) is -1.05. The van der Waals surface area contributed by atoms with Crippen molar-refractivity contribution < 1.29 is 23.4 Å². The largest absolute Gasteiger partial charge is 0.434 e. The number of hydrogen-bond acceptors (Lipinski definition) is 3. The fourth-order valence-electron chi connectivity index (χ4n) is 2.44. The van der Waals surface area contributed by atoms with Gasteiger partial charge in [-0.05, 0) is 36.8 Å². The summed E-state index contributed by atoms with van der Waals surface area (Å²) in [6.45, 7) is 0.163. The predicted molar refractivity (Wildman–Crippen MR) is 83.8 cm³/mol. The van der Waals surface area contributed by atoms with Crippen LogP contribution in [0, 0.1) is 0 Å². The van der Waals surface area contributed by atoms with Gasteiger partial charge in [0, 0.05) is 13.6 Å². The SMILES string of the molecule is CN(CC(C)(C)O)C(=O)c1cc2ccccc2cc1OC(F)F. The number of carbonyl (C=O) groups is 1. The van der Waals surface area contributed by atoms with Gasteiger partial charge in [-0.1, -0.05) is 24.3 Å². The molecule has 0 saturated heterocycles. The first kappa shape index (κ1) is 17.1. The van der Waals surface area contributed by atoms with Crippen molar-refractivity contribution in [3.63, 3.8) is 0 Å². The first-order chi connectivity index (χ1) is 10.7. The third kappa shape index (κ3) is 4.39. The molecule has 23 heavy (non-hydrogen) atoms. The average molecular weight is 323 g/mol. The lowest BCUT2D eigenvalue weighted by molar-refractivity contribution is -0.0502. The minimum Gasteiger partial charge on any atom is -0.434 e. The molecule has 124 valence electrons. The summed E-state index contributed by atoms with van der Waals surface area (Å²) in [5.74, 6) is -0.667. The molecule has 0 heterocycles. The summed E-state index contributed by atoms with van der Waals surface area (Å²) in [4.78, 5) is 13.8. The molecule has 0 fully saturated rings. The number of benzene rings is 2. The Morgan fingerprint density at radius 3 is 2.35 bits per heavy atom. The molecule has 6 heteroatoms. The zero-order chi connectivity index (χ0) is 17.2. The summed E-state index contributed by atoms with van der Waals surface area (Å²) in [6.07, 6.45) is 0. The van der Waals surface area contributed by atoms with E-state index in [-0.39, 0.29) is 17.9 Å². The number of ether oxygens (including phenoxy) is 1. The van der Waals surface area contributed by atoms with Gasteiger partial charge in [0.1, 0.15) is 5.75 Å². The summed E-state index contributed by atoms with van der Waals surface area (Å²) in [7, 11) is 1.50. The number of nitrogens with zero attached hydrogens (tertiary/aromatic N) is 1. The van der Waals surface area contributed by atoms with Crippen LogP contribution in [0.5, 0.6) is 5.75 Å². The van der Waals surface area contributed by atoms with Crippen molar-refractivity contribution in [1.82, 2.24) is 4.90 Å². The van der Waals surface area contributed by atoms with Crippen molar-refractivity contribution in [2.45, 2.75) is 26.1 Å². The minimum atomic E-state index is -3.03. The second kappa shape index (κ2) is 6.50. The highest BCUT2D eigenvalue weighted by Crippen LogP contribution is 2.28. The van der Waals surface area contributed by atoms with Gasteiger partial charge in [0.25, 0.3) is 5.91 Å². The van der Waals surface area contributed by atoms with E-state index >= 15 is 0 Å². The van der Waals surface area contributed by atoms with E-state index in [1.807, 2.05) is 0 Å². The highest BCUT2D eigenvalue weighted by atomic mass is 19.3. The van der Waals surface area contributed by atoms with Crippen LogP contribution in [0.3, 0.4) is 0 Å². The van der Waals surface area contributed by atoms with Crippen LogP contribution in [-0.4, -0.2) is 41.7 Å². The van der Waals surface area contributed by atoms with Crippen LogP contribution in [-0.2, 0) is 0 Å². The van der Waals surface area contributed by atoms with E-state index < -0.39 is 18.1 Å². The molecular weight excluding hydrogens is 304 g/mol. The molecule has 0 saturated carbocycles. The van der Waals surface area contributed by atoms with Gasteiger partial charge in [-0.25, -0.2) is 0 Å². The van der Waals surface area contributed by atoms with Crippen molar-refractivity contribution in [3.8, 4) is 5.75 Å². The number of fused-ring (bicyclic) bond motifs is 1. The molecule has 2 aromatic rings. The van der Waals surface area contributed by atoms with E-state index in [1.54, 1.807) is 38.1 Å². The van der Waals surface area contributed by atoms with E-state index in [2.05, 4.69) is 4.74 Å². The third-order valence-electron chi connectivity index (χ3n) is 3.27. The highest BCUT2D eigenvalue weighted by molar-refractivity contribution is 6.01. The summed E-state index contributed by atoms with van der Waals surface area (Å²) >= 11 is 0. The van der Waals surface area contributed by atoms with Crippen LogP contribution >= 0.6 is 0 Å². The van der Waals surface area contributed by atoms with Gasteiger partial charge in [-0.3, -0.25) is 4.79 Å². The topological polar surface area (TPSA) is 49.8 Å². The Hall–Kier alpha value is -2.21. The number of aliphatic hydroxyl groups is 1. The van der Waals surface area contributed by atoms with Crippen LogP contribution in [0.25, 0.3) is 10.8 Å². The van der Waals surface area contributed by atoms with Gasteiger partial charge >= 0.3 is 6.61 Å². The second-order valence-corrected chi connectivity index (χ2v) is 6.05. The predicted octanol–water partition coefficient (Wildman–Crippen LogP) is 3.28. The van der Waals surface area contributed by atoms with Gasteiger partial charge in [-0.2, -0.15) is 8.78 Å². The van der Waals surface area contributed by atoms with E-state index in [4.69, 9.17) is 0 Å². The molecule has 0 radical (unpaired) electrons. The lowest BCUT2D eigenvalue weighted by atomic mass is 10.0. The van der Waals surface area contributed by atoms with Crippen molar-refractivity contribution in [1.29, 1.82) is 0 Å². The van der Waals surface area contributed by atoms with E-state index in [1.165, 1.54) is 24.1 Å². The Bertz CT molecular complexity index is 711. The molecule has 1 amide bonds. The molecule has 2 aromatic carbocycles. The van der Waals surface area contributed by atoms with Crippen molar-refractivity contribution in [2.75, 3.05) is 13.6 Å². The molecule has 0 aliphatic heterocycles. The van der Waals surface area contributed by atoms with Crippen LogP contribution in [0.1, 0.15) is 24.2 Å². The zero-order valence-corrected chi connectivity index (χ0v) is 13.2. The van der Waals surface area contributed by atoms with Crippen molar-refractivity contribution in [3.05, 3.63) is 42.0 Å². The molecule has 0 bridgehead atoms. The summed E-state index contributed by atoms with van der Waals surface area (Å²) < 4.78 is 29.8. The van der Waals surface area contributed by atoms with E-state index in [9.17, 15) is 18.7 Å². The van der Waals surface area contributed by atoms with Gasteiger partial charge < -0.3 is 14.7 Å². The lowest BCUT2D eigenvalue weighted by Gasteiger charge is -2.26. The Balaban J connectivity index is 2.45. The van der Waals surface area contributed by atoms with E-state index in [0.29, 0.717) is 5.39 Å². The molecule has 2 rings (SSSR count). The number of rotatable bonds is 5. The molecule has 1 N–H and O–H groups in total. The van der Waals surface area contributed by atoms with Crippen LogP contribution < -0.4 is 4.74 Å². The van der Waals surface area contributed by atoms with E-state index in [0.717, 1.165) is 5.39 Å². The average Bonchev–Trinajstić information content (AvgIpc) is 2.43. The summed E-state index contributed by atoms with van der Waals surface area (Å²) in [5, 5.41) is 11.3. The highest BCUT2D eigenvalue weighted by Gasteiger charge is 2.24. The normalized spacial score (nSPS) is 11.8. The Labute approximate surface area is 133 Å². The standard InChI is InChI=1S/C17H19F2NO3/c1-17(2,22)10-20(3)15(21)13-8-11-6-4-5-7-12(11)9-14(13)23-16(18)19/h4-9,16,22H,10H2,1-3H3. The van der Waals surface area contributed by atoms with Gasteiger partial charge in [-0.15, -0.1) is 0 Å².